The molecule has 2 saturated heterocycles. The van der Waals surface area contributed by atoms with E-state index in [1.54, 1.807) is 0 Å². The zero-order chi connectivity index (χ0) is 36.6. The number of allylic oxidation sites excluding steroid dienone is 3. The number of aromatic nitrogens is 1. The van der Waals surface area contributed by atoms with Gasteiger partial charge < -0.3 is 10.6 Å². The largest absolute Gasteiger partial charge is 0.319 e. The van der Waals surface area contributed by atoms with Gasteiger partial charge in [0, 0.05) is 91.9 Å². The van der Waals surface area contributed by atoms with E-state index in [2.05, 4.69) is 66.5 Å². The summed E-state index contributed by atoms with van der Waals surface area (Å²) < 4.78 is 16.4. The van der Waals surface area contributed by atoms with E-state index in [1.807, 2.05) is 75.8 Å². The minimum atomic E-state index is -0.244. The number of aliphatic imine (C=N–C) groups is 1. The van der Waals surface area contributed by atoms with Crippen molar-refractivity contribution in [3.05, 3.63) is 108 Å². The summed E-state index contributed by atoms with van der Waals surface area (Å²) in [4.78, 5) is 14.9. The third-order valence-electron chi connectivity index (χ3n) is 10.8. The fraction of sp³-hybridized carbons (Fsp3) is 0.455. The van der Waals surface area contributed by atoms with Crippen molar-refractivity contribution < 1.29 is 4.39 Å². The number of rotatable bonds is 18. The molecule has 0 atom stereocenters. The molecule has 2 aliphatic heterocycles. The first-order valence-corrected chi connectivity index (χ1v) is 18.6. The Hall–Kier alpha value is -3.75. The number of nitrogens with one attached hydrogen (secondary N) is 2. The molecule has 2 aromatic carbocycles. The lowest BCUT2D eigenvalue weighted by molar-refractivity contribution is -0.00178. The van der Waals surface area contributed by atoms with Crippen LogP contribution in [0.4, 0.5) is 4.39 Å². The van der Waals surface area contributed by atoms with E-state index < -0.39 is 0 Å². The molecule has 2 N–H and O–H groups in total. The summed E-state index contributed by atoms with van der Waals surface area (Å²) in [5, 5.41) is 6.71. The highest BCUT2D eigenvalue weighted by molar-refractivity contribution is 5.88. The molecular formula is C44H59FN6. The highest BCUT2D eigenvalue weighted by Crippen LogP contribution is 2.37. The molecule has 0 aliphatic carbocycles. The number of pyridine rings is 1. The molecule has 0 spiro atoms. The highest BCUT2D eigenvalue weighted by atomic mass is 19.1. The summed E-state index contributed by atoms with van der Waals surface area (Å²) in [7, 11) is 4.04. The third kappa shape index (κ3) is 8.83. The van der Waals surface area contributed by atoms with Gasteiger partial charge in [-0.25, -0.2) is 4.39 Å². The first kappa shape index (κ1) is 38.5. The minimum absolute atomic E-state index is 0.244. The van der Waals surface area contributed by atoms with Gasteiger partial charge in [-0.2, -0.15) is 0 Å². The number of nitrogens with zero attached hydrogens (tertiary/aromatic N) is 4. The standard InChI is InChI=1S/C44H59FN6/c1-9-14-36(25-51-30-44(31-51,22-11-3)27-47-8)48-23-32(4)37-15-12-16-38(33(37)5)39-17-13-18-40(42(39)45)41-20-19-35(34(6)49-41)24-50-28-43(29-50,21-10-2)26-46-7/h10-13,15-20,23,46-47H,2-3,9,14,21-22,24-31H2,1,4-8H3/b32-23+,48-36?. The first-order chi connectivity index (χ1) is 24.6. The van der Waals surface area contributed by atoms with Gasteiger partial charge in [-0.15, -0.1) is 13.2 Å². The van der Waals surface area contributed by atoms with Gasteiger partial charge in [-0.1, -0.05) is 61.9 Å². The molecule has 0 radical (unpaired) electrons. The maximum Gasteiger partial charge on any atom is 0.140 e. The Bertz CT molecular complexity index is 1740. The van der Waals surface area contributed by atoms with Crippen LogP contribution >= 0.6 is 0 Å². The van der Waals surface area contributed by atoms with Crippen LogP contribution in [0.15, 0.2) is 85.0 Å². The molecule has 0 saturated carbocycles. The Balaban J connectivity index is 1.32. The van der Waals surface area contributed by atoms with E-state index in [0.717, 1.165) is 106 Å². The maximum absolute atomic E-state index is 16.4. The lowest BCUT2D eigenvalue weighted by atomic mass is 9.76. The van der Waals surface area contributed by atoms with Crippen molar-refractivity contribution in [2.45, 2.75) is 59.9 Å². The van der Waals surface area contributed by atoms with Crippen LogP contribution in [-0.2, 0) is 6.54 Å². The Morgan fingerprint density at radius 3 is 2.10 bits per heavy atom. The number of benzene rings is 2. The zero-order valence-electron chi connectivity index (χ0n) is 31.9. The second kappa shape index (κ2) is 17.2. The summed E-state index contributed by atoms with van der Waals surface area (Å²) in [5.74, 6) is -0.244. The van der Waals surface area contributed by atoms with Crippen LogP contribution < -0.4 is 10.6 Å². The van der Waals surface area contributed by atoms with Crippen molar-refractivity contribution in [2.75, 3.05) is 59.9 Å². The zero-order valence-corrected chi connectivity index (χ0v) is 31.9. The fourth-order valence-electron chi connectivity index (χ4n) is 8.45. The van der Waals surface area contributed by atoms with Crippen LogP contribution in [0.5, 0.6) is 0 Å². The topological polar surface area (TPSA) is 55.8 Å². The van der Waals surface area contributed by atoms with Crippen LogP contribution in [0.3, 0.4) is 0 Å². The van der Waals surface area contributed by atoms with E-state index >= 15 is 4.39 Å². The Kier molecular flexibility index (Phi) is 13.0. The van der Waals surface area contributed by atoms with Crippen molar-refractivity contribution in [3.8, 4) is 22.4 Å². The summed E-state index contributed by atoms with van der Waals surface area (Å²) in [6.07, 6.45) is 10.1. The van der Waals surface area contributed by atoms with E-state index in [9.17, 15) is 0 Å². The minimum Gasteiger partial charge on any atom is -0.319 e. The van der Waals surface area contributed by atoms with Crippen molar-refractivity contribution in [1.82, 2.24) is 25.4 Å². The summed E-state index contributed by atoms with van der Waals surface area (Å²) in [6.45, 7) is 24.3. The molecule has 0 unspecified atom stereocenters. The second-order valence-corrected chi connectivity index (χ2v) is 15.2. The summed E-state index contributed by atoms with van der Waals surface area (Å²) >= 11 is 0. The average molecular weight is 691 g/mol. The van der Waals surface area contributed by atoms with E-state index in [-0.39, 0.29) is 16.6 Å². The van der Waals surface area contributed by atoms with Crippen LogP contribution in [-0.4, -0.2) is 80.4 Å². The molecule has 51 heavy (non-hydrogen) atoms. The van der Waals surface area contributed by atoms with Gasteiger partial charge in [0.25, 0.3) is 0 Å². The van der Waals surface area contributed by atoms with E-state index in [0.29, 0.717) is 16.8 Å². The molecule has 7 heteroatoms. The summed E-state index contributed by atoms with van der Waals surface area (Å²) in [6, 6.07) is 15.9. The lowest BCUT2D eigenvalue weighted by Gasteiger charge is -2.50. The molecular weight excluding hydrogens is 632 g/mol. The molecule has 2 fully saturated rings. The van der Waals surface area contributed by atoms with Crippen molar-refractivity contribution >= 4 is 11.3 Å². The van der Waals surface area contributed by atoms with Crippen molar-refractivity contribution in [1.29, 1.82) is 0 Å². The van der Waals surface area contributed by atoms with Crippen LogP contribution in [0.2, 0.25) is 0 Å². The van der Waals surface area contributed by atoms with Gasteiger partial charge in [-0.05, 0) is 94.1 Å². The quantitative estimate of drug-likeness (QED) is 0.104. The van der Waals surface area contributed by atoms with Gasteiger partial charge >= 0.3 is 0 Å². The predicted octanol–water partition coefficient (Wildman–Crippen LogP) is 8.47. The summed E-state index contributed by atoms with van der Waals surface area (Å²) in [5.41, 5.74) is 9.71. The van der Waals surface area contributed by atoms with Gasteiger partial charge in [0.15, 0.2) is 0 Å². The molecule has 272 valence electrons. The van der Waals surface area contributed by atoms with Crippen molar-refractivity contribution in [2.24, 2.45) is 15.8 Å². The fourth-order valence-corrected chi connectivity index (χ4v) is 8.45. The van der Waals surface area contributed by atoms with Gasteiger partial charge in [0.05, 0.1) is 5.69 Å². The molecule has 0 amide bonds. The molecule has 1 aromatic heterocycles. The average Bonchev–Trinajstić information content (AvgIpc) is 3.07. The normalized spacial score (nSPS) is 17.5. The number of hydrogen-bond donors (Lipinski definition) is 2. The maximum atomic E-state index is 16.4. The Labute approximate surface area is 306 Å². The molecule has 6 nitrogen and oxygen atoms in total. The molecule has 5 rings (SSSR count). The van der Waals surface area contributed by atoms with Crippen LogP contribution in [0.1, 0.15) is 61.9 Å². The van der Waals surface area contributed by atoms with Gasteiger partial charge in [0.2, 0.25) is 0 Å². The van der Waals surface area contributed by atoms with Gasteiger partial charge in [-0.3, -0.25) is 19.8 Å². The first-order valence-electron chi connectivity index (χ1n) is 18.6. The van der Waals surface area contributed by atoms with Crippen molar-refractivity contribution in [3.63, 3.8) is 0 Å². The van der Waals surface area contributed by atoms with E-state index in [1.165, 1.54) is 11.3 Å². The number of halogens is 1. The number of hydrogen-bond acceptors (Lipinski definition) is 6. The monoisotopic (exact) mass is 690 g/mol. The van der Waals surface area contributed by atoms with Crippen LogP contribution in [0, 0.1) is 30.5 Å². The lowest BCUT2D eigenvalue weighted by Crippen LogP contribution is -2.60. The van der Waals surface area contributed by atoms with Crippen LogP contribution in [0.25, 0.3) is 28.0 Å². The smallest absolute Gasteiger partial charge is 0.140 e. The number of likely N-dealkylation sites (tertiary alicyclic amines) is 2. The predicted molar refractivity (Wildman–Crippen MR) is 215 cm³/mol. The van der Waals surface area contributed by atoms with E-state index in [4.69, 9.17) is 9.98 Å². The molecule has 3 heterocycles. The highest BCUT2D eigenvalue weighted by Gasteiger charge is 2.42. The molecule has 2 aliphatic rings. The Morgan fingerprint density at radius 2 is 1.49 bits per heavy atom. The number of aryl methyl sites for hydroxylation is 1. The second-order valence-electron chi connectivity index (χ2n) is 15.2. The SMILES string of the molecule is C=CCC1(CNC)CN(CC(CCC)=N/C=C(\C)c2cccc(-c3cccc(-c4ccc(CN5CC(CC=C)(CNC)C5)c(C)n4)c3F)c2C)C1. The molecule has 3 aromatic rings. The molecule has 0 bridgehead atoms. The Morgan fingerprint density at radius 1 is 0.882 bits per heavy atom. The third-order valence-corrected chi connectivity index (χ3v) is 10.8. The van der Waals surface area contributed by atoms with Gasteiger partial charge in [0.1, 0.15) is 5.82 Å².